The van der Waals surface area contributed by atoms with Crippen LogP contribution in [0.3, 0.4) is 0 Å². The Labute approximate surface area is 64.0 Å². The minimum absolute atomic E-state index is 0.390. The Kier molecular flexibility index (Phi) is 1.92. The maximum absolute atomic E-state index is 10.5. The van der Waals surface area contributed by atoms with Crippen LogP contribution in [0.1, 0.15) is 13.3 Å². The lowest BCUT2D eigenvalue weighted by Crippen LogP contribution is -2.48. The summed E-state index contributed by atoms with van der Waals surface area (Å²) in [5, 5.41) is 9.04. The zero-order chi connectivity index (χ0) is 7.78. The Bertz CT molecular complexity index is 162. The standard InChI is InChI=1S/C6H11NO2S/c1-4-2-6(7,3-10-4)5(8)9/h4H,2-3,7H2,1H3,(H,8,9)/t4-,6-/m1/s1. The minimum Gasteiger partial charge on any atom is -0.480 e. The van der Waals surface area contributed by atoms with Crippen molar-refractivity contribution in [2.24, 2.45) is 5.73 Å². The molecule has 0 amide bonds. The number of carboxylic acids is 1. The maximum atomic E-state index is 10.5. The van der Waals surface area contributed by atoms with E-state index < -0.39 is 11.5 Å². The van der Waals surface area contributed by atoms with E-state index in [1.54, 1.807) is 11.8 Å². The SMILES string of the molecule is C[C@@H]1C[C@](N)(C(=O)O)CS1. The van der Waals surface area contributed by atoms with Crippen LogP contribution in [0.25, 0.3) is 0 Å². The second-order valence-corrected chi connectivity index (χ2v) is 4.21. The molecule has 1 aliphatic rings. The van der Waals surface area contributed by atoms with Crippen LogP contribution in [0.2, 0.25) is 0 Å². The van der Waals surface area contributed by atoms with Crippen LogP contribution in [-0.4, -0.2) is 27.6 Å². The summed E-state index contributed by atoms with van der Waals surface area (Å²) in [5.74, 6) is -0.326. The number of hydrogen-bond acceptors (Lipinski definition) is 3. The van der Waals surface area contributed by atoms with Crippen LogP contribution < -0.4 is 5.73 Å². The van der Waals surface area contributed by atoms with E-state index in [0.29, 0.717) is 17.4 Å². The molecule has 0 radical (unpaired) electrons. The zero-order valence-corrected chi connectivity index (χ0v) is 6.65. The lowest BCUT2D eigenvalue weighted by molar-refractivity contribution is -0.142. The highest BCUT2D eigenvalue weighted by molar-refractivity contribution is 8.00. The quantitative estimate of drug-likeness (QED) is 0.580. The maximum Gasteiger partial charge on any atom is 0.324 e. The van der Waals surface area contributed by atoms with Gasteiger partial charge in [-0.1, -0.05) is 6.92 Å². The number of hydrogen-bond donors (Lipinski definition) is 2. The van der Waals surface area contributed by atoms with E-state index in [4.69, 9.17) is 10.8 Å². The monoisotopic (exact) mass is 161 g/mol. The molecule has 1 fully saturated rings. The summed E-state index contributed by atoms with van der Waals surface area (Å²) < 4.78 is 0. The first kappa shape index (κ1) is 7.88. The Balaban J connectivity index is 2.63. The smallest absolute Gasteiger partial charge is 0.324 e. The summed E-state index contributed by atoms with van der Waals surface area (Å²) in [6, 6.07) is 0. The van der Waals surface area contributed by atoms with Gasteiger partial charge < -0.3 is 10.8 Å². The molecule has 1 rings (SSSR count). The van der Waals surface area contributed by atoms with Crippen molar-refractivity contribution < 1.29 is 9.90 Å². The molecule has 0 unspecified atom stereocenters. The van der Waals surface area contributed by atoms with Crippen LogP contribution >= 0.6 is 11.8 Å². The van der Waals surface area contributed by atoms with Crippen LogP contribution in [0.4, 0.5) is 0 Å². The second kappa shape index (κ2) is 2.43. The molecule has 0 spiro atoms. The number of thioether (sulfide) groups is 1. The number of aliphatic carboxylic acids is 1. The minimum atomic E-state index is -0.954. The highest BCUT2D eigenvalue weighted by Crippen LogP contribution is 2.32. The van der Waals surface area contributed by atoms with Gasteiger partial charge in [0.25, 0.3) is 0 Å². The van der Waals surface area contributed by atoms with Crippen molar-refractivity contribution in [3.8, 4) is 0 Å². The molecule has 1 heterocycles. The Morgan fingerprint density at radius 1 is 1.90 bits per heavy atom. The molecular weight excluding hydrogens is 150 g/mol. The third-order valence-corrected chi connectivity index (χ3v) is 3.12. The van der Waals surface area contributed by atoms with Crippen molar-refractivity contribution in [3.05, 3.63) is 0 Å². The lowest BCUT2D eigenvalue weighted by atomic mass is 9.98. The predicted octanol–water partition coefficient (Wildman–Crippen LogP) is 0.294. The third-order valence-electron chi connectivity index (χ3n) is 1.70. The fraction of sp³-hybridized carbons (Fsp3) is 0.833. The van der Waals surface area contributed by atoms with Gasteiger partial charge in [0, 0.05) is 11.0 Å². The van der Waals surface area contributed by atoms with Crippen LogP contribution in [0, 0.1) is 0 Å². The molecule has 0 bridgehead atoms. The third kappa shape index (κ3) is 1.27. The molecule has 0 aromatic heterocycles. The molecule has 1 aliphatic heterocycles. The van der Waals surface area contributed by atoms with Crippen molar-refractivity contribution in [1.29, 1.82) is 0 Å². The van der Waals surface area contributed by atoms with Crippen molar-refractivity contribution in [1.82, 2.24) is 0 Å². The van der Waals surface area contributed by atoms with Gasteiger partial charge in [-0.05, 0) is 6.42 Å². The predicted molar refractivity (Wildman–Crippen MR) is 41.1 cm³/mol. The lowest BCUT2D eigenvalue weighted by Gasteiger charge is -2.15. The molecule has 3 nitrogen and oxygen atoms in total. The van der Waals surface area contributed by atoms with Crippen LogP contribution in [-0.2, 0) is 4.79 Å². The molecule has 4 heteroatoms. The first-order valence-electron chi connectivity index (χ1n) is 3.18. The normalized spacial score (nSPS) is 40.0. The van der Waals surface area contributed by atoms with E-state index in [1.807, 2.05) is 6.92 Å². The first-order chi connectivity index (χ1) is 4.54. The second-order valence-electron chi connectivity index (χ2n) is 2.79. The molecule has 0 aromatic carbocycles. The van der Waals surface area contributed by atoms with Crippen molar-refractivity contribution in [3.63, 3.8) is 0 Å². The molecule has 2 atom stereocenters. The molecule has 3 N–H and O–H groups in total. The molecule has 1 saturated heterocycles. The summed E-state index contributed by atoms with van der Waals surface area (Å²) >= 11 is 1.63. The first-order valence-corrected chi connectivity index (χ1v) is 4.23. The van der Waals surface area contributed by atoms with E-state index in [1.165, 1.54) is 0 Å². The van der Waals surface area contributed by atoms with Gasteiger partial charge in [-0.15, -0.1) is 0 Å². The van der Waals surface area contributed by atoms with Crippen LogP contribution in [0.15, 0.2) is 0 Å². The summed E-state index contributed by atoms with van der Waals surface area (Å²) in [4.78, 5) is 10.5. The Morgan fingerprint density at radius 3 is 2.70 bits per heavy atom. The fourth-order valence-corrected chi connectivity index (χ4v) is 2.31. The van der Waals surface area contributed by atoms with Crippen LogP contribution in [0.5, 0.6) is 0 Å². The molecule has 10 heavy (non-hydrogen) atoms. The average Bonchev–Trinajstić information content (AvgIpc) is 2.13. The van der Waals surface area contributed by atoms with Gasteiger partial charge in [0.1, 0.15) is 5.54 Å². The molecular formula is C6H11NO2S. The summed E-state index contributed by atoms with van der Waals surface area (Å²) in [7, 11) is 0. The van der Waals surface area contributed by atoms with Crippen molar-refractivity contribution >= 4 is 17.7 Å². The van der Waals surface area contributed by atoms with E-state index in [2.05, 4.69) is 0 Å². The topological polar surface area (TPSA) is 63.3 Å². The zero-order valence-electron chi connectivity index (χ0n) is 5.83. The Morgan fingerprint density at radius 2 is 2.50 bits per heavy atom. The highest BCUT2D eigenvalue weighted by Gasteiger charge is 2.40. The van der Waals surface area contributed by atoms with Gasteiger partial charge >= 0.3 is 5.97 Å². The van der Waals surface area contributed by atoms with Gasteiger partial charge in [0.2, 0.25) is 0 Å². The highest BCUT2D eigenvalue weighted by atomic mass is 32.2. The Hall–Kier alpha value is -0.220. The van der Waals surface area contributed by atoms with Crippen molar-refractivity contribution in [2.45, 2.75) is 24.1 Å². The summed E-state index contributed by atoms with van der Waals surface area (Å²) in [6.07, 6.45) is 0.590. The largest absolute Gasteiger partial charge is 0.480 e. The van der Waals surface area contributed by atoms with E-state index in [-0.39, 0.29) is 0 Å². The summed E-state index contributed by atoms with van der Waals surface area (Å²) in [6.45, 7) is 2.00. The number of rotatable bonds is 1. The van der Waals surface area contributed by atoms with Crippen molar-refractivity contribution in [2.75, 3.05) is 5.75 Å². The fourth-order valence-electron chi connectivity index (χ4n) is 1.07. The van der Waals surface area contributed by atoms with E-state index in [9.17, 15) is 4.79 Å². The molecule has 0 aromatic rings. The van der Waals surface area contributed by atoms with E-state index >= 15 is 0 Å². The number of nitrogens with two attached hydrogens (primary N) is 1. The van der Waals surface area contributed by atoms with Gasteiger partial charge in [0.15, 0.2) is 0 Å². The molecule has 0 saturated carbocycles. The van der Waals surface area contributed by atoms with E-state index in [0.717, 1.165) is 0 Å². The number of carbonyl (C=O) groups is 1. The van der Waals surface area contributed by atoms with Gasteiger partial charge in [-0.25, -0.2) is 0 Å². The van der Waals surface area contributed by atoms with Gasteiger partial charge in [-0.2, -0.15) is 11.8 Å². The summed E-state index contributed by atoms with van der Waals surface area (Å²) in [5.41, 5.74) is 4.62. The van der Waals surface area contributed by atoms with Gasteiger partial charge in [-0.3, -0.25) is 4.79 Å². The molecule has 0 aliphatic carbocycles. The van der Waals surface area contributed by atoms with Gasteiger partial charge in [0.05, 0.1) is 0 Å². The molecule has 58 valence electrons. The average molecular weight is 161 g/mol. The number of carboxylic acid groups (broad SMARTS) is 1.